The first-order valence-electron chi connectivity index (χ1n) is 10.0. The molecule has 1 N–H and O–H groups in total. The third-order valence-corrected chi connectivity index (χ3v) is 6.48. The van der Waals surface area contributed by atoms with Crippen LogP contribution < -0.4 is 9.62 Å². The van der Waals surface area contributed by atoms with E-state index in [0.29, 0.717) is 30.8 Å². The summed E-state index contributed by atoms with van der Waals surface area (Å²) in [6, 6.07) is 24.5. The third kappa shape index (κ3) is 5.93. The molecule has 3 aromatic carbocycles. The molecule has 6 nitrogen and oxygen atoms in total. The maximum Gasteiger partial charge on any atom is 0.264 e. The SMILES string of the molecule is COCCCNC(=O)c1cccc(S(=O)(=O)N(Cc2ccccc2)c2ccccc2)c1. The smallest absolute Gasteiger partial charge is 0.264 e. The van der Waals surface area contributed by atoms with Crippen LogP contribution in [0.2, 0.25) is 0 Å². The lowest BCUT2D eigenvalue weighted by atomic mass is 10.2. The van der Waals surface area contributed by atoms with Crippen LogP contribution in [0.1, 0.15) is 22.3 Å². The zero-order valence-electron chi connectivity index (χ0n) is 17.4. The van der Waals surface area contributed by atoms with E-state index >= 15 is 0 Å². The number of hydrogen-bond donors (Lipinski definition) is 1. The van der Waals surface area contributed by atoms with Crippen molar-refractivity contribution in [2.75, 3.05) is 24.6 Å². The number of benzene rings is 3. The van der Waals surface area contributed by atoms with E-state index in [2.05, 4.69) is 5.32 Å². The van der Waals surface area contributed by atoms with Crippen molar-refractivity contribution in [3.63, 3.8) is 0 Å². The van der Waals surface area contributed by atoms with Gasteiger partial charge >= 0.3 is 0 Å². The van der Waals surface area contributed by atoms with Crippen LogP contribution in [0.25, 0.3) is 0 Å². The number of rotatable bonds is 10. The highest BCUT2D eigenvalue weighted by Gasteiger charge is 2.26. The molecule has 0 heterocycles. The summed E-state index contributed by atoms with van der Waals surface area (Å²) in [5.74, 6) is -0.317. The van der Waals surface area contributed by atoms with Crippen LogP contribution in [0.3, 0.4) is 0 Å². The first kappa shape index (κ1) is 22.5. The third-order valence-electron chi connectivity index (χ3n) is 4.71. The summed E-state index contributed by atoms with van der Waals surface area (Å²) in [6.07, 6.45) is 0.680. The molecule has 7 heteroatoms. The number of para-hydroxylation sites is 1. The molecule has 0 fully saturated rings. The molecule has 31 heavy (non-hydrogen) atoms. The monoisotopic (exact) mass is 438 g/mol. The Labute approximate surface area is 183 Å². The molecular formula is C24H26N2O4S. The Bertz CT molecular complexity index is 1090. The number of carbonyl (C=O) groups is 1. The van der Waals surface area contributed by atoms with Crippen LogP contribution in [-0.4, -0.2) is 34.6 Å². The Balaban J connectivity index is 1.90. The second-order valence-corrected chi connectivity index (χ2v) is 8.83. The molecule has 1 amide bonds. The molecule has 0 radical (unpaired) electrons. The van der Waals surface area contributed by atoms with Crippen LogP contribution in [-0.2, 0) is 21.3 Å². The zero-order chi connectivity index (χ0) is 22.1. The summed E-state index contributed by atoms with van der Waals surface area (Å²) in [5, 5.41) is 2.79. The van der Waals surface area contributed by atoms with Crippen LogP contribution in [0.4, 0.5) is 5.69 Å². The summed E-state index contributed by atoms with van der Waals surface area (Å²) in [6.45, 7) is 1.18. The number of hydrogen-bond acceptors (Lipinski definition) is 4. The summed E-state index contributed by atoms with van der Waals surface area (Å²) in [4.78, 5) is 12.5. The molecule has 0 unspecified atom stereocenters. The molecule has 0 spiro atoms. The minimum absolute atomic E-state index is 0.0665. The fraction of sp³-hybridized carbons (Fsp3) is 0.208. The van der Waals surface area contributed by atoms with Crippen LogP contribution >= 0.6 is 0 Å². The van der Waals surface area contributed by atoms with Crippen molar-refractivity contribution in [2.24, 2.45) is 0 Å². The minimum Gasteiger partial charge on any atom is -0.385 e. The molecule has 0 aromatic heterocycles. The molecule has 3 aromatic rings. The topological polar surface area (TPSA) is 75.7 Å². The first-order chi connectivity index (χ1) is 15.0. The van der Waals surface area contributed by atoms with E-state index in [4.69, 9.17) is 4.74 Å². The number of sulfonamides is 1. The van der Waals surface area contributed by atoms with E-state index in [1.165, 1.54) is 16.4 Å². The molecule has 0 aliphatic heterocycles. The summed E-state index contributed by atoms with van der Waals surface area (Å²) >= 11 is 0. The zero-order valence-corrected chi connectivity index (χ0v) is 18.2. The molecule has 0 saturated carbocycles. The maximum atomic E-state index is 13.6. The molecule has 162 valence electrons. The molecule has 0 aliphatic carbocycles. The lowest BCUT2D eigenvalue weighted by molar-refractivity contribution is 0.0948. The van der Waals surface area contributed by atoms with Crippen molar-refractivity contribution in [2.45, 2.75) is 17.9 Å². The van der Waals surface area contributed by atoms with Crippen LogP contribution in [0.5, 0.6) is 0 Å². The van der Waals surface area contributed by atoms with Gasteiger partial charge in [-0.25, -0.2) is 8.42 Å². The molecule has 0 atom stereocenters. The Morgan fingerprint density at radius 2 is 1.61 bits per heavy atom. The van der Waals surface area contributed by atoms with Crippen molar-refractivity contribution >= 4 is 21.6 Å². The lowest BCUT2D eigenvalue weighted by Crippen LogP contribution is -2.31. The Morgan fingerprint density at radius 3 is 2.29 bits per heavy atom. The second kappa shape index (κ2) is 10.7. The van der Waals surface area contributed by atoms with Gasteiger partial charge in [0.15, 0.2) is 0 Å². The number of carbonyl (C=O) groups excluding carboxylic acids is 1. The number of nitrogens with zero attached hydrogens (tertiary/aromatic N) is 1. The second-order valence-electron chi connectivity index (χ2n) is 6.96. The van der Waals surface area contributed by atoms with E-state index in [1.54, 1.807) is 43.5 Å². The van der Waals surface area contributed by atoms with Gasteiger partial charge in [0.25, 0.3) is 15.9 Å². The van der Waals surface area contributed by atoms with Gasteiger partial charge in [-0.2, -0.15) is 0 Å². The van der Waals surface area contributed by atoms with Gasteiger partial charge < -0.3 is 10.1 Å². The fourth-order valence-corrected chi connectivity index (χ4v) is 4.60. The Hall–Kier alpha value is -3.16. The first-order valence-corrected chi connectivity index (χ1v) is 11.5. The standard InChI is InChI=1S/C24H26N2O4S/c1-30-17-9-16-25-24(27)21-12-8-15-23(18-21)31(28,29)26(22-13-6-3-7-14-22)19-20-10-4-2-5-11-20/h2-8,10-15,18H,9,16-17,19H2,1H3,(H,25,27). The normalized spacial score (nSPS) is 11.1. The maximum absolute atomic E-state index is 13.6. The number of amides is 1. The van der Waals surface area contributed by atoms with Crippen molar-refractivity contribution in [1.82, 2.24) is 5.32 Å². The lowest BCUT2D eigenvalue weighted by Gasteiger charge is -2.25. The van der Waals surface area contributed by atoms with Gasteiger partial charge in [0.2, 0.25) is 0 Å². The van der Waals surface area contributed by atoms with Crippen molar-refractivity contribution in [3.8, 4) is 0 Å². The highest BCUT2D eigenvalue weighted by atomic mass is 32.2. The molecule has 3 rings (SSSR count). The van der Waals surface area contributed by atoms with E-state index in [9.17, 15) is 13.2 Å². The molecule has 0 bridgehead atoms. The molecule has 0 aliphatic rings. The van der Waals surface area contributed by atoms with E-state index in [0.717, 1.165) is 5.56 Å². The van der Waals surface area contributed by atoms with Gasteiger partial charge in [0.05, 0.1) is 17.1 Å². The Kier molecular flexibility index (Phi) is 7.81. The highest BCUT2D eigenvalue weighted by Crippen LogP contribution is 2.26. The minimum atomic E-state index is -3.90. The average molecular weight is 439 g/mol. The molecule has 0 saturated heterocycles. The van der Waals surface area contributed by atoms with Gasteiger partial charge in [-0.3, -0.25) is 9.10 Å². The predicted octanol–water partition coefficient (Wildman–Crippen LogP) is 3.85. The number of anilines is 1. The van der Waals surface area contributed by atoms with Gasteiger partial charge in [-0.15, -0.1) is 0 Å². The average Bonchev–Trinajstić information content (AvgIpc) is 2.81. The number of methoxy groups -OCH3 is 1. The van der Waals surface area contributed by atoms with Gasteiger partial charge in [0.1, 0.15) is 0 Å². The fourth-order valence-electron chi connectivity index (χ4n) is 3.10. The van der Waals surface area contributed by atoms with E-state index in [1.807, 2.05) is 36.4 Å². The predicted molar refractivity (Wildman–Crippen MR) is 122 cm³/mol. The van der Waals surface area contributed by atoms with E-state index < -0.39 is 10.0 Å². The van der Waals surface area contributed by atoms with Gasteiger partial charge in [-0.1, -0.05) is 54.6 Å². The number of ether oxygens (including phenoxy) is 1. The summed E-state index contributed by atoms with van der Waals surface area (Å²) in [7, 11) is -2.30. The van der Waals surface area contributed by atoms with Gasteiger partial charge in [-0.05, 0) is 42.3 Å². The van der Waals surface area contributed by atoms with Crippen LogP contribution in [0.15, 0.2) is 89.8 Å². The Morgan fingerprint density at radius 1 is 0.935 bits per heavy atom. The van der Waals surface area contributed by atoms with Crippen LogP contribution in [0, 0.1) is 0 Å². The summed E-state index contributed by atoms with van der Waals surface area (Å²) in [5.41, 5.74) is 1.72. The number of nitrogens with one attached hydrogen (secondary N) is 1. The van der Waals surface area contributed by atoms with Crippen molar-refractivity contribution in [3.05, 3.63) is 96.1 Å². The summed E-state index contributed by atoms with van der Waals surface area (Å²) < 4.78 is 33.5. The van der Waals surface area contributed by atoms with Crippen molar-refractivity contribution in [1.29, 1.82) is 0 Å². The molecular weight excluding hydrogens is 412 g/mol. The van der Waals surface area contributed by atoms with Gasteiger partial charge in [0, 0.05) is 25.8 Å². The largest absolute Gasteiger partial charge is 0.385 e. The van der Waals surface area contributed by atoms with E-state index in [-0.39, 0.29) is 17.3 Å². The van der Waals surface area contributed by atoms with Crippen molar-refractivity contribution < 1.29 is 17.9 Å². The highest BCUT2D eigenvalue weighted by molar-refractivity contribution is 7.92. The quantitative estimate of drug-likeness (QED) is 0.488.